The number of aliphatic carboxylic acids is 1. The SMILES string of the molecule is CCN(CC(=O)N(C)C)S(=O)(=O)C(C)C(=O)O. The van der Waals surface area contributed by atoms with E-state index >= 15 is 0 Å². The van der Waals surface area contributed by atoms with Crippen molar-refractivity contribution in [3.05, 3.63) is 0 Å². The number of sulfonamides is 1. The van der Waals surface area contributed by atoms with Crippen LogP contribution in [0.25, 0.3) is 0 Å². The Hall–Kier alpha value is -1.15. The molecule has 8 heteroatoms. The van der Waals surface area contributed by atoms with Gasteiger partial charge < -0.3 is 10.0 Å². The number of amides is 1. The van der Waals surface area contributed by atoms with Crippen molar-refractivity contribution in [2.45, 2.75) is 19.1 Å². The van der Waals surface area contributed by atoms with E-state index in [4.69, 9.17) is 5.11 Å². The summed E-state index contributed by atoms with van der Waals surface area (Å²) in [6, 6.07) is 0. The van der Waals surface area contributed by atoms with Gasteiger partial charge in [0.2, 0.25) is 15.9 Å². The van der Waals surface area contributed by atoms with Crippen LogP contribution in [0, 0.1) is 0 Å². The van der Waals surface area contributed by atoms with Gasteiger partial charge in [0, 0.05) is 20.6 Å². The average molecular weight is 266 g/mol. The van der Waals surface area contributed by atoms with Gasteiger partial charge in [0.15, 0.2) is 5.25 Å². The maximum atomic E-state index is 11.8. The maximum Gasteiger partial charge on any atom is 0.323 e. The molecular formula is C9H18N2O5S. The summed E-state index contributed by atoms with van der Waals surface area (Å²) in [5.41, 5.74) is 0. The number of carboxylic acid groups (broad SMARTS) is 1. The molecule has 0 bridgehead atoms. The summed E-state index contributed by atoms with van der Waals surface area (Å²) in [6.45, 7) is 2.35. The molecule has 0 aliphatic rings. The standard InChI is InChI=1S/C9H18N2O5S/c1-5-11(6-8(12)10(3)4)17(15,16)7(2)9(13)14/h7H,5-6H2,1-4H3,(H,13,14). The molecule has 0 saturated heterocycles. The highest BCUT2D eigenvalue weighted by molar-refractivity contribution is 7.90. The molecule has 0 fully saturated rings. The molecule has 7 nitrogen and oxygen atoms in total. The van der Waals surface area contributed by atoms with Gasteiger partial charge in [-0.2, -0.15) is 4.31 Å². The summed E-state index contributed by atoms with van der Waals surface area (Å²) in [4.78, 5) is 23.4. The number of rotatable bonds is 6. The van der Waals surface area contributed by atoms with Gasteiger partial charge in [0.05, 0.1) is 6.54 Å². The summed E-state index contributed by atoms with van der Waals surface area (Å²) in [7, 11) is -0.986. The highest BCUT2D eigenvalue weighted by atomic mass is 32.2. The van der Waals surface area contributed by atoms with Gasteiger partial charge in [-0.1, -0.05) is 6.92 Å². The zero-order valence-corrected chi connectivity index (χ0v) is 11.2. The van der Waals surface area contributed by atoms with Gasteiger partial charge in [0.25, 0.3) is 0 Å². The molecule has 0 aliphatic carbocycles. The molecule has 17 heavy (non-hydrogen) atoms. The third-order valence-electron chi connectivity index (χ3n) is 2.32. The van der Waals surface area contributed by atoms with E-state index in [0.717, 1.165) is 11.2 Å². The van der Waals surface area contributed by atoms with Crippen LogP contribution >= 0.6 is 0 Å². The van der Waals surface area contributed by atoms with Crippen molar-refractivity contribution in [1.82, 2.24) is 9.21 Å². The number of carboxylic acids is 1. The highest BCUT2D eigenvalue weighted by Gasteiger charge is 2.34. The van der Waals surface area contributed by atoms with E-state index in [1.165, 1.54) is 19.0 Å². The molecule has 0 aliphatic heterocycles. The third kappa shape index (κ3) is 3.97. The van der Waals surface area contributed by atoms with Crippen molar-refractivity contribution < 1.29 is 23.1 Å². The minimum Gasteiger partial charge on any atom is -0.480 e. The fourth-order valence-corrected chi connectivity index (χ4v) is 2.38. The molecular weight excluding hydrogens is 248 g/mol. The molecule has 1 amide bonds. The van der Waals surface area contributed by atoms with Crippen LogP contribution in [0.2, 0.25) is 0 Å². The summed E-state index contributed by atoms with van der Waals surface area (Å²) in [5, 5.41) is 7.15. The average Bonchev–Trinajstić information content (AvgIpc) is 2.23. The minimum absolute atomic E-state index is 0.0551. The summed E-state index contributed by atoms with van der Waals surface area (Å²) >= 11 is 0. The van der Waals surface area contributed by atoms with Crippen LogP contribution in [-0.2, 0) is 19.6 Å². The van der Waals surface area contributed by atoms with Crippen LogP contribution in [-0.4, -0.2) is 67.0 Å². The zero-order chi connectivity index (χ0) is 13.8. The fourth-order valence-electron chi connectivity index (χ4n) is 1.03. The summed E-state index contributed by atoms with van der Waals surface area (Å²) < 4.78 is 24.5. The van der Waals surface area contributed by atoms with Crippen LogP contribution in [0.15, 0.2) is 0 Å². The van der Waals surface area contributed by atoms with E-state index < -0.39 is 27.1 Å². The number of nitrogens with zero attached hydrogens (tertiary/aromatic N) is 2. The van der Waals surface area contributed by atoms with Crippen molar-refractivity contribution in [2.75, 3.05) is 27.2 Å². The van der Waals surface area contributed by atoms with E-state index in [1.54, 1.807) is 6.92 Å². The van der Waals surface area contributed by atoms with Crippen molar-refractivity contribution in [3.63, 3.8) is 0 Å². The number of carbonyl (C=O) groups is 2. The Morgan fingerprint density at radius 2 is 1.76 bits per heavy atom. The number of hydrogen-bond acceptors (Lipinski definition) is 4. The second-order valence-corrected chi connectivity index (χ2v) is 5.99. The molecule has 0 rings (SSSR count). The van der Waals surface area contributed by atoms with E-state index in [-0.39, 0.29) is 13.1 Å². The number of carbonyl (C=O) groups excluding carboxylic acids is 1. The third-order valence-corrected chi connectivity index (χ3v) is 4.52. The second-order valence-electron chi connectivity index (χ2n) is 3.74. The zero-order valence-electron chi connectivity index (χ0n) is 10.4. The lowest BCUT2D eigenvalue weighted by Gasteiger charge is -2.23. The molecule has 0 heterocycles. The van der Waals surface area contributed by atoms with Crippen molar-refractivity contribution in [3.8, 4) is 0 Å². The first-order valence-electron chi connectivity index (χ1n) is 5.06. The first kappa shape index (κ1) is 15.9. The molecule has 100 valence electrons. The summed E-state index contributed by atoms with van der Waals surface area (Å²) in [5.74, 6) is -1.83. The molecule has 1 N–H and O–H groups in total. The van der Waals surface area contributed by atoms with Crippen molar-refractivity contribution >= 4 is 21.9 Å². The Bertz CT molecular complexity index is 390. The van der Waals surface area contributed by atoms with Gasteiger partial charge in [-0.05, 0) is 6.92 Å². The number of hydrogen-bond donors (Lipinski definition) is 1. The normalized spacial score (nSPS) is 13.5. The van der Waals surface area contributed by atoms with Crippen molar-refractivity contribution in [1.29, 1.82) is 0 Å². The predicted molar refractivity (Wildman–Crippen MR) is 62.0 cm³/mol. The van der Waals surface area contributed by atoms with Crippen LogP contribution in [0.4, 0.5) is 0 Å². The summed E-state index contributed by atoms with van der Waals surface area (Å²) in [6.07, 6.45) is 0. The molecule has 0 aromatic heterocycles. The van der Waals surface area contributed by atoms with E-state index in [0.29, 0.717) is 0 Å². The highest BCUT2D eigenvalue weighted by Crippen LogP contribution is 2.09. The van der Waals surface area contributed by atoms with Gasteiger partial charge >= 0.3 is 5.97 Å². The minimum atomic E-state index is -3.99. The predicted octanol–water partition coefficient (Wildman–Crippen LogP) is -0.801. The Balaban J connectivity index is 5.01. The smallest absolute Gasteiger partial charge is 0.323 e. The first-order chi connectivity index (χ1) is 7.64. The lowest BCUT2D eigenvalue weighted by Crippen LogP contribution is -2.45. The Morgan fingerprint density at radius 1 is 1.29 bits per heavy atom. The lowest BCUT2D eigenvalue weighted by atomic mass is 10.5. The second kappa shape index (κ2) is 5.97. The largest absolute Gasteiger partial charge is 0.480 e. The quantitative estimate of drug-likeness (QED) is 0.679. The Morgan fingerprint density at radius 3 is 2.06 bits per heavy atom. The lowest BCUT2D eigenvalue weighted by molar-refractivity contribution is -0.136. The van der Waals surface area contributed by atoms with Gasteiger partial charge in [-0.25, -0.2) is 8.42 Å². The maximum absolute atomic E-state index is 11.8. The Kier molecular flexibility index (Phi) is 5.56. The van der Waals surface area contributed by atoms with Gasteiger partial charge in [-0.15, -0.1) is 0 Å². The van der Waals surface area contributed by atoms with E-state index in [2.05, 4.69) is 0 Å². The molecule has 0 radical (unpaired) electrons. The van der Waals surface area contributed by atoms with Crippen LogP contribution in [0.5, 0.6) is 0 Å². The first-order valence-corrected chi connectivity index (χ1v) is 6.56. The Labute approximate surface area is 101 Å². The molecule has 0 saturated carbocycles. The van der Waals surface area contributed by atoms with E-state index in [9.17, 15) is 18.0 Å². The molecule has 1 unspecified atom stereocenters. The van der Waals surface area contributed by atoms with Crippen LogP contribution in [0.1, 0.15) is 13.8 Å². The fraction of sp³-hybridized carbons (Fsp3) is 0.778. The molecule has 0 aromatic carbocycles. The van der Waals surface area contributed by atoms with Crippen molar-refractivity contribution in [2.24, 2.45) is 0 Å². The monoisotopic (exact) mass is 266 g/mol. The van der Waals surface area contributed by atoms with Crippen LogP contribution < -0.4 is 0 Å². The van der Waals surface area contributed by atoms with E-state index in [1.807, 2.05) is 0 Å². The van der Waals surface area contributed by atoms with Gasteiger partial charge in [0.1, 0.15) is 0 Å². The van der Waals surface area contributed by atoms with Gasteiger partial charge in [-0.3, -0.25) is 9.59 Å². The number of likely N-dealkylation sites (N-methyl/N-ethyl adjacent to an activating group) is 2. The molecule has 0 aromatic rings. The van der Waals surface area contributed by atoms with Crippen LogP contribution in [0.3, 0.4) is 0 Å². The topological polar surface area (TPSA) is 95.0 Å². The molecule has 1 atom stereocenters. The molecule has 0 spiro atoms.